The molecule has 1 heterocycles. The van der Waals surface area contributed by atoms with Gasteiger partial charge in [-0.1, -0.05) is 30.3 Å². The van der Waals surface area contributed by atoms with Crippen molar-refractivity contribution < 1.29 is 17.9 Å². The highest BCUT2D eigenvalue weighted by atomic mass is 32.2. The predicted octanol–water partition coefficient (Wildman–Crippen LogP) is 1.09. The molecular weight excluding hydrogens is 316 g/mol. The summed E-state index contributed by atoms with van der Waals surface area (Å²) in [4.78, 5) is 13.9. The summed E-state index contributed by atoms with van der Waals surface area (Å²) < 4.78 is 30.6. The molecule has 1 aromatic carbocycles. The molecule has 1 atom stereocenters. The van der Waals surface area contributed by atoms with Gasteiger partial charge in [0.25, 0.3) is 0 Å². The summed E-state index contributed by atoms with van der Waals surface area (Å²) in [5.41, 5.74) is 1.01. The summed E-state index contributed by atoms with van der Waals surface area (Å²) in [5, 5.41) is 0. The minimum Gasteiger partial charge on any atom is -0.377 e. The van der Waals surface area contributed by atoms with Gasteiger partial charge in [-0.3, -0.25) is 4.79 Å². The first-order chi connectivity index (χ1) is 10.9. The van der Waals surface area contributed by atoms with Crippen molar-refractivity contribution in [1.82, 2.24) is 9.21 Å². The van der Waals surface area contributed by atoms with Gasteiger partial charge in [-0.15, -0.1) is 0 Å². The number of rotatable bonds is 7. The lowest BCUT2D eigenvalue weighted by Gasteiger charge is -2.25. The molecule has 6 nitrogen and oxygen atoms in total. The molecule has 0 spiro atoms. The zero-order valence-corrected chi connectivity index (χ0v) is 14.5. The maximum Gasteiger partial charge on any atom is 0.237 e. The summed E-state index contributed by atoms with van der Waals surface area (Å²) in [7, 11) is -1.77. The van der Waals surface area contributed by atoms with Crippen molar-refractivity contribution in [3.05, 3.63) is 35.9 Å². The van der Waals surface area contributed by atoms with Crippen molar-refractivity contribution in [1.29, 1.82) is 0 Å². The molecule has 1 aliphatic rings. The summed E-state index contributed by atoms with van der Waals surface area (Å²) >= 11 is 0. The molecular formula is C16H24N2O4S. The van der Waals surface area contributed by atoms with E-state index in [0.717, 1.165) is 24.7 Å². The molecule has 0 aromatic heterocycles. The van der Waals surface area contributed by atoms with Crippen LogP contribution in [0.15, 0.2) is 30.3 Å². The van der Waals surface area contributed by atoms with Gasteiger partial charge in [0.05, 0.1) is 18.9 Å². The van der Waals surface area contributed by atoms with Crippen molar-refractivity contribution in [2.24, 2.45) is 0 Å². The van der Waals surface area contributed by atoms with Gasteiger partial charge in [0, 0.05) is 26.7 Å². The minimum atomic E-state index is -3.45. The van der Waals surface area contributed by atoms with E-state index in [4.69, 9.17) is 4.74 Å². The fraction of sp³-hybridized carbons (Fsp3) is 0.562. The van der Waals surface area contributed by atoms with Crippen molar-refractivity contribution in [2.45, 2.75) is 25.5 Å². The van der Waals surface area contributed by atoms with Crippen LogP contribution in [0.5, 0.6) is 0 Å². The number of amides is 1. The Balaban J connectivity index is 1.96. The molecule has 1 aromatic rings. The predicted molar refractivity (Wildman–Crippen MR) is 88.3 cm³/mol. The number of benzene rings is 1. The molecule has 1 fully saturated rings. The molecule has 1 saturated heterocycles. The zero-order chi connectivity index (χ0) is 16.9. The van der Waals surface area contributed by atoms with E-state index in [2.05, 4.69) is 0 Å². The van der Waals surface area contributed by atoms with Crippen LogP contribution in [0.4, 0.5) is 0 Å². The smallest absolute Gasteiger partial charge is 0.237 e. The van der Waals surface area contributed by atoms with E-state index >= 15 is 0 Å². The van der Waals surface area contributed by atoms with Crippen LogP contribution in [0.1, 0.15) is 18.4 Å². The van der Waals surface area contributed by atoms with Gasteiger partial charge in [0.1, 0.15) is 0 Å². The lowest BCUT2D eigenvalue weighted by molar-refractivity contribution is -0.130. The third kappa shape index (κ3) is 5.60. The third-order valence-electron chi connectivity index (χ3n) is 3.90. The van der Waals surface area contributed by atoms with Crippen LogP contribution in [0.3, 0.4) is 0 Å². The van der Waals surface area contributed by atoms with E-state index in [1.165, 1.54) is 4.31 Å². The highest BCUT2D eigenvalue weighted by Crippen LogP contribution is 2.15. The minimum absolute atomic E-state index is 0.114. The molecule has 1 unspecified atom stereocenters. The second-order valence-corrected chi connectivity index (χ2v) is 7.91. The molecule has 7 heteroatoms. The average Bonchev–Trinajstić information content (AvgIpc) is 2.99. The Bertz CT molecular complexity index is 612. The number of hydrogen-bond donors (Lipinski definition) is 0. The van der Waals surface area contributed by atoms with E-state index in [1.54, 1.807) is 11.9 Å². The zero-order valence-electron chi connectivity index (χ0n) is 13.6. The molecule has 0 aliphatic carbocycles. The van der Waals surface area contributed by atoms with E-state index in [0.29, 0.717) is 13.2 Å². The van der Waals surface area contributed by atoms with Gasteiger partial charge in [0.15, 0.2) is 0 Å². The Labute approximate surface area is 138 Å². The Morgan fingerprint density at radius 2 is 2.00 bits per heavy atom. The van der Waals surface area contributed by atoms with Crippen molar-refractivity contribution in [3.8, 4) is 0 Å². The number of carbonyl (C=O) groups is 1. The Hall–Kier alpha value is -1.44. The lowest BCUT2D eigenvalue weighted by atomic mass is 10.2. The number of sulfonamides is 1. The van der Waals surface area contributed by atoms with Crippen LogP contribution in [0.2, 0.25) is 0 Å². The second kappa shape index (κ2) is 7.90. The topological polar surface area (TPSA) is 66.9 Å². The van der Waals surface area contributed by atoms with Crippen molar-refractivity contribution in [3.63, 3.8) is 0 Å². The van der Waals surface area contributed by atoms with Gasteiger partial charge in [-0.2, -0.15) is 4.31 Å². The summed E-state index contributed by atoms with van der Waals surface area (Å²) in [5.74, 6) is -0.225. The molecule has 0 radical (unpaired) electrons. The quantitative estimate of drug-likeness (QED) is 0.745. The van der Waals surface area contributed by atoms with E-state index in [9.17, 15) is 13.2 Å². The van der Waals surface area contributed by atoms with Crippen LogP contribution in [0, 0.1) is 0 Å². The first-order valence-electron chi connectivity index (χ1n) is 7.71. The number of ether oxygens (including phenoxy) is 1. The Morgan fingerprint density at radius 1 is 1.30 bits per heavy atom. The molecule has 23 heavy (non-hydrogen) atoms. The number of nitrogens with zero attached hydrogens (tertiary/aromatic N) is 2. The Kier molecular flexibility index (Phi) is 6.15. The van der Waals surface area contributed by atoms with Crippen LogP contribution in [0.25, 0.3) is 0 Å². The van der Waals surface area contributed by atoms with E-state index in [1.807, 2.05) is 30.3 Å². The number of hydrogen-bond acceptors (Lipinski definition) is 4. The maximum absolute atomic E-state index is 12.4. The molecule has 2 rings (SSSR count). The van der Waals surface area contributed by atoms with Gasteiger partial charge in [0.2, 0.25) is 15.9 Å². The third-order valence-corrected chi connectivity index (χ3v) is 5.12. The number of likely N-dealkylation sites (N-methyl/N-ethyl adjacent to an activating group) is 1. The fourth-order valence-corrected chi connectivity index (χ4v) is 3.33. The Morgan fingerprint density at radius 3 is 2.57 bits per heavy atom. The molecule has 1 aliphatic heterocycles. The SMILES string of the molecule is CN(Cc1ccccc1)C(=O)CN(CC1CCCO1)S(C)(=O)=O. The van der Waals surface area contributed by atoms with Crippen LogP contribution < -0.4 is 0 Å². The normalized spacial score (nSPS) is 18.3. The highest BCUT2D eigenvalue weighted by Gasteiger charge is 2.27. The molecule has 1 amide bonds. The van der Waals surface area contributed by atoms with Crippen LogP contribution in [-0.4, -0.2) is 62.6 Å². The molecule has 128 valence electrons. The number of carbonyl (C=O) groups excluding carboxylic acids is 1. The van der Waals surface area contributed by atoms with Crippen molar-refractivity contribution in [2.75, 3.05) is 33.0 Å². The lowest BCUT2D eigenvalue weighted by Crippen LogP contribution is -2.44. The standard InChI is InChI=1S/C16H24N2O4S/c1-17(11-14-7-4-3-5-8-14)16(19)13-18(23(2,20)21)12-15-9-6-10-22-15/h3-5,7-8,15H,6,9-13H2,1-2H3. The molecule has 0 saturated carbocycles. The monoisotopic (exact) mass is 340 g/mol. The van der Waals surface area contributed by atoms with E-state index < -0.39 is 10.0 Å². The fourth-order valence-electron chi connectivity index (χ4n) is 2.55. The largest absolute Gasteiger partial charge is 0.377 e. The van der Waals surface area contributed by atoms with Gasteiger partial charge < -0.3 is 9.64 Å². The molecule has 0 N–H and O–H groups in total. The summed E-state index contributed by atoms with van der Waals surface area (Å²) in [6.45, 7) is 1.20. The summed E-state index contributed by atoms with van der Waals surface area (Å²) in [6, 6.07) is 9.61. The second-order valence-electron chi connectivity index (χ2n) is 5.93. The first kappa shape index (κ1) is 17.9. The molecule has 0 bridgehead atoms. The van der Waals surface area contributed by atoms with Crippen LogP contribution >= 0.6 is 0 Å². The highest BCUT2D eigenvalue weighted by molar-refractivity contribution is 7.88. The van der Waals surface area contributed by atoms with E-state index in [-0.39, 0.29) is 25.1 Å². The van der Waals surface area contributed by atoms with Gasteiger partial charge >= 0.3 is 0 Å². The first-order valence-corrected chi connectivity index (χ1v) is 9.55. The van der Waals surface area contributed by atoms with Gasteiger partial charge in [-0.25, -0.2) is 8.42 Å². The van der Waals surface area contributed by atoms with Crippen LogP contribution in [-0.2, 0) is 26.1 Å². The summed E-state index contributed by atoms with van der Waals surface area (Å²) in [6.07, 6.45) is 2.79. The maximum atomic E-state index is 12.4. The van der Waals surface area contributed by atoms with Crippen molar-refractivity contribution >= 4 is 15.9 Å². The average molecular weight is 340 g/mol. The van der Waals surface area contributed by atoms with Gasteiger partial charge in [-0.05, 0) is 18.4 Å².